The van der Waals surface area contributed by atoms with E-state index in [2.05, 4.69) is 42.9 Å². The molecule has 0 bridgehead atoms. The van der Waals surface area contributed by atoms with Crippen LogP contribution in [-0.2, 0) is 19.0 Å². The smallest absolute Gasteiger partial charge is 0.0481 e. The molecule has 1 aromatic heterocycles. The fraction of sp³-hybridized carbons (Fsp3) is 0.429. The van der Waals surface area contributed by atoms with E-state index in [-0.39, 0.29) is 5.54 Å². The van der Waals surface area contributed by atoms with E-state index in [4.69, 9.17) is 5.73 Å². The second-order valence-electron chi connectivity index (χ2n) is 5.01. The van der Waals surface area contributed by atoms with Gasteiger partial charge in [0.25, 0.3) is 0 Å². The van der Waals surface area contributed by atoms with Crippen molar-refractivity contribution in [3.63, 3.8) is 0 Å². The molecule has 0 unspecified atom stereocenters. The summed E-state index contributed by atoms with van der Waals surface area (Å²) in [6.45, 7) is 2.19. The lowest BCUT2D eigenvalue weighted by Gasteiger charge is -2.07. The molecule has 0 spiro atoms. The molecule has 0 radical (unpaired) electrons. The summed E-state index contributed by atoms with van der Waals surface area (Å²) in [5.74, 6) is 0. The lowest BCUT2D eigenvalue weighted by Crippen LogP contribution is -2.18. The van der Waals surface area contributed by atoms with Crippen molar-refractivity contribution >= 4 is 10.9 Å². The third kappa shape index (κ3) is 1.30. The van der Waals surface area contributed by atoms with Gasteiger partial charge in [0.05, 0.1) is 0 Å². The van der Waals surface area contributed by atoms with E-state index in [0.29, 0.717) is 0 Å². The molecule has 1 aliphatic rings. The quantitative estimate of drug-likeness (QED) is 0.818. The van der Waals surface area contributed by atoms with Gasteiger partial charge < -0.3 is 10.3 Å². The van der Waals surface area contributed by atoms with Crippen LogP contribution in [0, 0.1) is 0 Å². The van der Waals surface area contributed by atoms with Gasteiger partial charge in [-0.1, -0.05) is 13.0 Å². The molecule has 1 aromatic carbocycles. The number of fused-ring (bicyclic) bond motifs is 1. The zero-order chi connectivity index (χ0) is 11.3. The van der Waals surface area contributed by atoms with Crippen LogP contribution in [0.4, 0.5) is 0 Å². The third-order valence-corrected chi connectivity index (χ3v) is 3.79. The van der Waals surface area contributed by atoms with Crippen molar-refractivity contribution in [1.29, 1.82) is 0 Å². The number of aryl methyl sites for hydroxylation is 2. The van der Waals surface area contributed by atoms with E-state index < -0.39 is 0 Å². The molecular weight excluding hydrogens is 196 g/mol. The van der Waals surface area contributed by atoms with E-state index in [0.717, 1.165) is 19.3 Å². The minimum atomic E-state index is -0.0358. The molecule has 1 aliphatic carbocycles. The van der Waals surface area contributed by atoms with Crippen LogP contribution in [0.1, 0.15) is 30.9 Å². The van der Waals surface area contributed by atoms with Gasteiger partial charge in [-0.05, 0) is 42.5 Å². The largest absolute Gasteiger partial charge is 0.350 e. The summed E-state index contributed by atoms with van der Waals surface area (Å²) in [7, 11) is 2.10. The number of aromatic nitrogens is 1. The minimum absolute atomic E-state index is 0.0358. The summed E-state index contributed by atoms with van der Waals surface area (Å²) in [5.41, 5.74) is 10.3. The Morgan fingerprint density at radius 2 is 2.12 bits per heavy atom. The Bertz CT molecular complexity index is 547. The molecule has 84 valence electrons. The van der Waals surface area contributed by atoms with Crippen LogP contribution in [0.5, 0.6) is 0 Å². The Kier molecular flexibility index (Phi) is 1.93. The van der Waals surface area contributed by atoms with Crippen molar-refractivity contribution in [3.05, 3.63) is 35.5 Å². The number of nitrogens with two attached hydrogens (primary N) is 1. The lowest BCUT2D eigenvalue weighted by atomic mass is 10.0. The first-order valence-corrected chi connectivity index (χ1v) is 6.01. The highest BCUT2D eigenvalue weighted by Gasteiger charge is 2.41. The first kappa shape index (κ1) is 9.91. The molecule has 2 nitrogen and oxygen atoms in total. The van der Waals surface area contributed by atoms with E-state index >= 15 is 0 Å². The number of hydrogen-bond donors (Lipinski definition) is 1. The number of rotatable bonds is 2. The van der Waals surface area contributed by atoms with Gasteiger partial charge in [-0.15, -0.1) is 0 Å². The zero-order valence-electron chi connectivity index (χ0n) is 9.96. The van der Waals surface area contributed by atoms with Gasteiger partial charge in [0.15, 0.2) is 0 Å². The first-order valence-electron chi connectivity index (χ1n) is 6.01. The topological polar surface area (TPSA) is 30.9 Å². The lowest BCUT2D eigenvalue weighted by molar-refractivity contribution is 0.741. The highest BCUT2D eigenvalue weighted by molar-refractivity contribution is 5.86. The van der Waals surface area contributed by atoms with Gasteiger partial charge in [-0.25, -0.2) is 0 Å². The van der Waals surface area contributed by atoms with Gasteiger partial charge >= 0.3 is 0 Å². The highest BCUT2D eigenvalue weighted by atomic mass is 14.9. The molecular formula is C14H18N2. The van der Waals surface area contributed by atoms with Gasteiger partial charge in [-0.2, -0.15) is 0 Å². The summed E-state index contributed by atoms with van der Waals surface area (Å²) in [4.78, 5) is 0. The monoisotopic (exact) mass is 214 g/mol. The first-order chi connectivity index (χ1) is 7.64. The van der Waals surface area contributed by atoms with Crippen LogP contribution in [0.15, 0.2) is 24.4 Å². The fourth-order valence-corrected chi connectivity index (χ4v) is 2.46. The summed E-state index contributed by atoms with van der Waals surface area (Å²) < 4.78 is 2.19. The van der Waals surface area contributed by atoms with Crippen LogP contribution in [0.25, 0.3) is 10.9 Å². The van der Waals surface area contributed by atoms with Crippen molar-refractivity contribution in [2.24, 2.45) is 12.8 Å². The fourth-order valence-electron chi connectivity index (χ4n) is 2.46. The Hall–Kier alpha value is -1.28. The second-order valence-corrected chi connectivity index (χ2v) is 5.01. The standard InChI is InChI=1S/C14H18N2/c1-3-10-4-5-13-11(8-10)12(9-16(13)2)14(15)6-7-14/h4-5,8-9H,3,6-7,15H2,1-2H3. The maximum atomic E-state index is 6.33. The molecule has 2 heteroatoms. The maximum Gasteiger partial charge on any atom is 0.0481 e. The van der Waals surface area contributed by atoms with Crippen molar-refractivity contribution in [3.8, 4) is 0 Å². The minimum Gasteiger partial charge on any atom is -0.350 e. The zero-order valence-corrected chi connectivity index (χ0v) is 9.96. The Morgan fingerprint density at radius 1 is 1.38 bits per heavy atom. The van der Waals surface area contributed by atoms with Gasteiger partial charge in [-0.3, -0.25) is 0 Å². The molecule has 0 aliphatic heterocycles. The third-order valence-electron chi connectivity index (χ3n) is 3.79. The number of hydrogen-bond acceptors (Lipinski definition) is 1. The molecule has 2 aromatic rings. The molecule has 0 amide bonds. The normalized spacial score (nSPS) is 17.9. The molecule has 16 heavy (non-hydrogen) atoms. The molecule has 1 fully saturated rings. The average molecular weight is 214 g/mol. The van der Waals surface area contributed by atoms with Crippen molar-refractivity contribution in [2.75, 3.05) is 0 Å². The van der Waals surface area contributed by atoms with Gasteiger partial charge in [0, 0.05) is 29.7 Å². The van der Waals surface area contributed by atoms with E-state index in [1.807, 2.05) is 0 Å². The van der Waals surface area contributed by atoms with Crippen LogP contribution >= 0.6 is 0 Å². The Balaban J connectivity index is 2.28. The van der Waals surface area contributed by atoms with Crippen LogP contribution in [-0.4, -0.2) is 4.57 Å². The number of nitrogens with zero attached hydrogens (tertiary/aromatic N) is 1. The molecule has 3 rings (SSSR count). The van der Waals surface area contributed by atoms with Crippen LogP contribution < -0.4 is 5.73 Å². The van der Waals surface area contributed by atoms with Crippen molar-refractivity contribution in [1.82, 2.24) is 4.57 Å². The summed E-state index contributed by atoms with van der Waals surface area (Å²) in [6, 6.07) is 6.73. The Labute approximate surface area is 96.1 Å². The van der Waals surface area contributed by atoms with E-state index in [1.54, 1.807) is 0 Å². The average Bonchev–Trinajstić information content (AvgIpc) is 2.95. The second kappa shape index (κ2) is 3.11. The summed E-state index contributed by atoms with van der Waals surface area (Å²) in [6.07, 6.45) is 5.55. The summed E-state index contributed by atoms with van der Waals surface area (Å²) in [5, 5.41) is 1.35. The summed E-state index contributed by atoms with van der Waals surface area (Å²) >= 11 is 0. The molecule has 1 heterocycles. The van der Waals surface area contributed by atoms with Crippen LogP contribution in [0.3, 0.4) is 0 Å². The van der Waals surface area contributed by atoms with Gasteiger partial charge in [0.1, 0.15) is 0 Å². The van der Waals surface area contributed by atoms with Gasteiger partial charge in [0.2, 0.25) is 0 Å². The molecule has 0 saturated heterocycles. The maximum absolute atomic E-state index is 6.33. The molecule has 1 saturated carbocycles. The number of benzene rings is 1. The van der Waals surface area contributed by atoms with Crippen molar-refractivity contribution < 1.29 is 0 Å². The Morgan fingerprint density at radius 3 is 2.75 bits per heavy atom. The predicted molar refractivity (Wildman–Crippen MR) is 67.4 cm³/mol. The highest BCUT2D eigenvalue weighted by Crippen LogP contribution is 2.45. The predicted octanol–water partition coefficient (Wildman–Crippen LogP) is 2.69. The molecule has 0 atom stereocenters. The van der Waals surface area contributed by atoms with E-state index in [9.17, 15) is 0 Å². The van der Waals surface area contributed by atoms with Crippen LogP contribution in [0.2, 0.25) is 0 Å². The van der Waals surface area contributed by atoms with Crippen molar-refractivity contribution in [2.45, 2.75) is 31.7 Å². The SMILES string of the molecule is CCc1ccc2c(c1)c(C1(N)CC1)cn2C. The molecule has 2 N–H and O–H groups in total. The van der Waals surface area contributed by atoms with E-state index in [1.165, 1.54) is 22.0 Å².